The Hall–Kier alpha value is -3.95. The van der Waals surface area contributed by atoms with Crippen molar-refractivity contribution in [2.75, 3.05) is 11.5 Å². The number of furan rings is 1. The summed E-state index contributed by atoms with van der Waals surface area (Å²) in [5.74, 6) is -0.345. The lowest BCUT2D eigenvalue weighted by Gasteiger charge is -2.18. The molecule has 1 aliphatic heterocycles. The Morgan fingerprint density at radius 1 is 1.03 bits per heavy atom. The van der Waals surface area contributed by atoms with E-state index in [-0.39, 0.29) is 35.1 Å². The summed E-state index contributed by atoms with van der Waals surface area (Å²) in [4.78, 5) is 27.8. The van der Waals surface area contributed by atoms with Crippen molar-refractivity contribution >= 4 is 33.7 Å². The second-order valence-corrected chi connectivity index (χ2v) is 9.92. The Morgan fingerprint density at radius 2 is 1.72 bits per heavy atom. The van der Waals surface area contributed by atoms with Gasteiger partial charge in [-0.15, -0.1) is 0 Å². The van der Waals surface area contributed by atoms with Crippen LogP contribution in [-0.4, -0.2) is 26.9 Å². The molecule has 3 aromatic rings. The zero-order valence-corrected chi connectivity index (χ0v) is 21.0. The van der Waals surface area contributed by atoms with Crippen LogP contribution in [-0.2, 0) is 30.9 Å². The molecule has 0 bridgehead atoms. The van der Waals surface area contributed by atoms with E-state index in [0.717, 1.165) is 5.56 Å². The number of sulfonamides is 1. The molecule has 1 amide bonds. The summed E-state index contributed by atoms with van der Waals surface area (Å²) in [6.45, 7) is 5.41. The van der Waals surface area contributed by atoms with Crippen LogP contribution in [0.5, 0.6) is 0 Å². The zero-order valence-electron chi connectivity index (χ0n) is 20.1. The summed E-state index contributed by atoms with van der Waals surface area (Å²) in [6.07, 6.45) is 1.47. The SMILES string of the molecule is CCOC(=O)C1=C(C)N(c2ccc(C)cc2)C(=O)/C1=C/c1ccc(CNS(=O)(=O)c2ccccc2)o1. The van der Waals surface area contributed by atoms with Crippen molar-refractivity contribution in [1.29, 1.82) is 0 Å². The molecule has 2 aromatic carbocycles. The van der Waals surface area contributed by atoms with Gasteiger partial charge >= 0.3 is 5.97 Å². The molecule has 9 heteroatoms. The number of nitrogens with one attached hydrogen (secondary N) is 1. The highest BCUT2D eigenvalue weighted by molar-refractivity contribution is 7.89. The number of esters is 1. The number of benzene rings is 2. The van der Waals surface area contributed by atoms with Crippen LogP contribution in [0, 0.1) is 6.92 Å². The van der Waals surface area contributed by atoms with Crippen molar-refractivity contribution in [3.05, 3.63) is 101 Å². The monoisotopic (exact) mass is 506 g/mol. The molecular weight excluding hydrogens is 480 g/mol. The van der Waals surface area contributed by atoms with Crippen molar-refractivity contribution < 1.29 is 27.2 Å². The predicted octanol–water partition coefficient (Wildman–Crippen LogP) is 4.33. The largest absolute Gasteiger partial charge is 0.462 e. The minimum atomic E-state index is -3.71. The Kier molecular flexibility index (Phi) is 7.23. The van der Waals surface area contributed by atoms with Crippen molar-refractivity contribution in [3.8, 4) is 0 Å². The number of hydrogen-bond donors (Lipinski definition) is 1. The number of aryl methyl sites for hydroxylation is 1. The van der Waals surface area contributed by atoms with Crippen LogP contribution in [0.15, 0.2) is 92.9 Å². The first-order valence-corrected chi connectivity index (χ1v) is 12.8. The Balaban J connectivity index is 1.61. The topological polar surface area (TPSA) is 106 Å². The van der Waals surface area contributed by atoms with Crippen molar-refractivity contribution in [1.82, 2.24) is 4.72 Å². The van der Waals surface area contributed by atoms with Crippen LogP contribution >= 0.6 is 0 Å². The quantitative estimate of drug-likeness (QED) is 0.360. The Morgan fingerprint density at radius 3 is 2.39 bits per heavy atom. The van der Waals surface area contributed by atoms with Gasteiger partial charge in [0.1, 0.15) is 11.5 Å². The van der Waals surface area contributed by atoms with Crippen LogP contribution in [0.3, 0.4) is 0 Å². The second-order valence-electron chi connectivity index (χ2n) is 8.16. The number of hydrogen-bond acceptors (Lipinski definition) is 6. The third-order valence-corrected chi connectivity index (χ3v) is 7.05. The van der Waals surface area contributed by atoms with Gasteiger partial charge in [-0.1, -0.05) is 35.9 Å². The smallest absolute Gasteiger partial charge is 0.340 e. The molecule has 0 aliphatic carbocycles. The zero-order chi connectivity index (χ0) is 25.9. The maximum Gasteiger partial charge on any atom is 0.340 e. The average Bonchev–Trinajstić information content (AvgIpc) is 3.41. The van der Waals surface area contributed by atoms with Crippen molar-refractivity contribution in [2.24, 2.45) is 0 Å². The maximum absolute atomic E-state index is 13.4. The molecular formula is C27H26N2O6S. The maximum atomic E-state index is 13.4. The molecule has 4 rings (SSSR count). The highest BCUT2D eigenvalue weighted by Gasteiger charge is 2.38. The Bertz CT molecular complexity index is 1450. The van der Waals surface area contributed by atoms with Gasteiger partial charge in [-0.2, -0.15) is 0 Å². The molecule has 36 heavy (non-hydrogen) atoms. The van der Waals surface area contributed by atoms with Gasteiger partial charge in [0.2, 0.25) is 10.0 Å². The molecule has 0 fully saturated rings. The first-order chi connectivity index (χ1) is 17.2. The highest BCUT2D eigenvalue weighted by Crippen LogP contribution is 2.35. The van der Waals surface area contributed by atoms with Gasteiger partial charge in [-0.25, -0.2) is 17.9 Å². The average molecular weight is 507 g/mol. The van der Waals surface area contributed by atoms with E-state index in [1.165, 1.54) is 23.1 Å². The predicted molar refractivity (Wildman–Crippen MR) is 135 cm³/mol. The number of amides is 1. The summed E-state index contributed by atoms with van der Waals surface area (Å²) in [5.41, 5.74) is 2.42. The van der Waals surface area contributed by atoms with Gasteiger partial charge < -0.3 is 9.15 Å². The molecule has 0 radical (unpaired) electrons. The van der Waals surface area contributed by atoms with Gasteiger partial charge in [-0.05, 0) is 63.2 Å². The van der Waals surface area contributed by atoms with E-state index in [1.807, 2.05) is 31.2 Å². The van der Waals surface area contributed by atoms with E-state index in [0.29, 0.717) is 22.9 Å². The van der Waals surface area contributed by atoms with Gasteiger partial charge in [0.05, 0.1) is 29.2 Å². The molecule has 0 spiro atoms. The van der Waals surface area contributed by atoms with Crippen LogP contribution in [0.1, 0.15) is 30.9 Å². The molecule has 0 saturated carbocycles. The fraction of sp³-hybridized carbons (Fsp3) is 0.185. The number of carbonyl (C=O) groups is 2. The fourth-order valence-corrected chi connectivity index (χ4v) is 4.86. The van der Waals surface area contributed by atoms with E-state index < -0.39 is 16.0 Å². The number of nitrogens with zero attached hydrogens (tertiary/aromatic N) is 1. The van der Waals surface area contributed by atoms with E-state index in [9.17, 15) is 18.0 Å². The molecule has 2 heterocycles. The van der Waals surface area contributed by atoms with Crippen molar-refractivity contribution in [3.63, 3.8) is 0 Å². The molecule has 0 saturated heterocycles. The molecule has 186 valence electrons. The third-order valence-electron chi connectivity index (χ3n) is 5.63. The number of anilines is 1. The first-order valence-electron chi connectivity index (χ1n) is 11.4. The molecule has 0 atom stereocenters. The second kappa shape index (κ2) is 10.3. The molecule has 1 aliphatic rings. The highest BCUT2D eigenvalue weighted by atomic mass is 32.2. The minimum absolute atomic E-state index is 0.0799. The minimum Gasteiger partial charge on any atom is -0.462 e. The fourth-order valence-electron chi connectivity index (χ4n) is 3.84. The van der Waals surface area contributed by atoms with E-state index in [2.05, 4.69) is 4.72 Å². The summed E-state index contributed by atoms with van der Waals surface area (Å²) in [6, 6.07) is 18.6. The molecule has 1 N–H and O–H groups in total. The van der Waals surface area contributed by atoms with Crippen molar-refractivity contribution in [2.45, 2.75) is 32.2 Å². The van der Waals surface area contributed by atoms with Crippen LogP contribution in [0.4, 0.5) is 5.69 Å². The van der Waals surface area contributed by atoms with E-state index >= 15 is 0 Å². The summed E-state index contributed by atoms with van der Waals surface area (Å²) in [7, 11) is -3.71. The summed E-state index contributed by atoms with van der Waals surface area (Å²) >= 11 is 0. The normalized spacial score (nSPS) is 15.1. The Labute approximate surface area is 209 Å². The standard InChI is InChI=1S/C27H26N2O6S/c1-4-34-27(31)25-19(3)29(20-12-10-18(2)11-13-20)26(30)24(25)16-21-14-15-22(35-21)17-28-36(32,33)23-8-6-5-7-9-23/h5-16,28H,4,17H2,1-3H3/b24-16+. The number of ether oxygens (including phenoxy) is 1. The molecule has 8 nitrogen and oxygen atoms in total. The van der Waals surface area contributed by atoms with E-state index in [1.54, 1.807) is 44.2 Å². The van der Waals surface area contributed by atoms with Crippen LogP contribution in [0.2, 0.25) is 0 Å². The van der Waals surface area contributed by atoms with Crippen LogP contribution < -0.4 is 9.62 Å². The lowest BCUT2D eigenvalue weighted by atomic mass is 10.1. The van der Waals surface area contributed by atoms with Gasteiger partial charge in [-0.3, -0.25) is 9.69 Å². The van der Waals surface area contributed by atoms with Gasteiger partial charge in [0.15, 0.2) is 0 Å². The number of rotatable bonds is 8. The number of allylic oxidation sites excluding steroid dienone is 1. The lowest BCUT2D eigenvalue weighted by molar-refractivity contribution is -0.138. The van der Waals surface area contributed by atoms with Gasteiger partial charge in [0, 0.05) is 11.4 Å². The first kappa shape index (κ1) is 25.2. The van der Waals surface area contributed by atoms with Gasteiger partial charge in [0.25, 0.3) is 5.91 Å². The molecule has 0 unspecified atom stereocenters. The third kappa shape index (κ3) is 5.17. The molecule has 1 aromatic heterocycles. The summed E-state index contributed by atoms with van der Waals surface area (Å²) in [5, 5.41) is 0. The number of carbonyl (C=O) groups excluding carboxylic acids is 2. The van der Waals surface area contributed by atoms with E-state index in [4.69, 9.17) is 9.15 Å². The lowest BCUT2D eigenvalue weighted by Crippen LogP contribution is -2.24. The summed E-state index contributed by atoms with van der Waals surface area (Å²) < 4.78 is 38.4. The van der Waals surface area contributed by atoms with Crippen LogP contribution in [0.25, 0.3) is 6.08 Å².